The van der Waals surface area contributed by atoms with Crippen molar-refractivity contribution < 1.29 is 82.3 Å². The van der Waals surface area contributed by atoms with E-state index >= 15 is 0 Å². The van der Waals surface area contributed by atoms with Crippen LogP contribution in [-0.2, 0) is 10.1 Å². The van der Waals surface area contributed by atoms with Gasteiger partial charge in [0.25, 0.3) is 0 Å². The third kappa shape index (κ3) is 4.50. The minimum atomic E-state index is -4.59. The van der Waals surface area contributed by atoms with E-state index < -0.39 is 26.5 Å². The summed E-state index contributed by atoms with van der Waals surface area (Å²) in [5.74, 6) is -1.28. The fraction of sp³-hybridized carbons (Fsp3) is 0. The van der Waals surface area contributed by atoms with Gasteiger partial charge in [-0.05, 0) is 4.90 Å². The standard InChI is InChI=1S/C6H5O5S.2Na/c7-5-2-1-4(3-6(5)8)12(9,10)11;;/h1,3,7-8H,(H,9,10,11);;/q-1;2*+1/p-1. The monoisotopic (exact) mass is 234 g/mol. The fourth-order valence-corrected chi connectivity index (χ4v) is 1.06. The van der Waals surface area contributed by atoms with Crippen molar-refractivity contribution in [2.45, 2.75) is 4.90 Å². The molecule has 0 heterocycles. The topological polar surface area (TPSA) is 97.7 Å². The number of aromatic hydroxyl groups is 2. The number of hydrogen-bond acceptors (Lipinski definition) is 5. The molecule has 0 saturated heterocycles. The van der Waals surface area contributed by atoms with Crippen LogP contribution in [0.5, 0.6) is 11.5 Å². The van der Waals surface area contributed by atoms with Gasteiger partial charge in [-0.1, -0.05) is 0 Å². The van der Waals surface area contributed by atoms with E-state index in [9.17, 15) is 13.0 Å². The summed E-state index contributed by atoms with van der Waals surface area (Å²) in [7, 11) is -4.59. The maximum Gasteiger partial charge on any atom is 1.00 e. The van der Waals surface area contributed by atoms with Crippen LogP contribution in [0, 0.1) is 6.07 Å². The Morgan fingerprint density at radius 1 is 1.29 bits per heavy atom. The maximum atomic E-state index is 10.3. The van der Waals surface area contributed by atoms with Gasteiger partial charge in [-0.15, -0.1) is 12.1 Å². The predicted octanol–water partition coefficient (Wildman–Crippen LogP) is -6.19. The molecule has 0 saturated carbocycles. The molecule has 0 aliphatic carbocycles. The number of phenols is 2. The van der Waals surface area contributed by atoms with E-state index in [-0.39, 0.29) is 59.1 Å². The molecule has 1 aromatic carbocycles. The van der Waals surface area contributed by atoms with E-state index in [0.717, 1.165) is 6.07 Å². The van der Waals surface area contributed by atoms with Crippen LogP contribution < -0.4 is 59.1 Å². The second kappa shape index (κ2) is 6.34. The third-order valence-electron chi connectivity index (χ3n) is 1.16. The minimum absolute atomic E-state index is 0. The Labute approximate surface area is 125 Å². The van der Waals surface area contributed by atoms with Gasteiger partial charge in [0.05, 0.1) is 10.1 Å². The molecule has 66 valence electrons. The number of phenolic OH excluding ortho intramolecular Hbond substituents is 2. The van der Waals surface area contributed by atoms with Crippen LogP contribution in [-0.4, -0.2) is 23.2 Å². The summed E-state index contributed by atoms with van der Waals surface area (Å²) in [6.07, 6.45) is 0. The number of hydrogen-bond donors (Lipinski definition) is 2. The van der Waals surface area contributed by atoms with Gasteiger partial charge in [0.15, 0.2) is 0 Å². The van der Waals surface area contributed by atoms with Gasteiger partial charge in [0.2, 0.25) is 0 Å². The first-order valence-corrected chi connectivity index (χ1v) is 4.21. The van der Waals surface area contributed by atoms with Crippen LogP contribution in [0.25, 0.3) is 0 Å². The van der Waals surface area contributed by atoms with Gasteiger partial charge >= 0.3 is 59.1 Å². The molecule has 0 radical (unpaired) electrons. The van der Waals surface area contributed by atoms with Crippen LogP contribution in [0.3, 0.4) is 0 Å². The molecule has 1 rings (SSSR count). The molecular weight excluding hydrogens is 230 g/mol. The Kier molecular flexibility index (Phi) is 7.76. The van der Waals surface area contributed by atoms with Crippen LogP contribution >= 0.6 is 0 Å². The zero-order valence-corrected chi connectivity index (χ0v) is 12.5. The number of benzene rings is 1. The van der Waals surface area contributed by atoms with Crippen molar-refractivity contribution in [3.05, 3.63) is 18.2 Å². The van der Waals surface area contributed by atoms with E-state index in [0.29, 0.717) is 6.07 Å². The Hall–Kier alpha value is 0.730. The van der Waals surface area contributed by atoms with Crippen molar-refractivity contribution >= 4 is 10.1 Å². The van der Waals surface area contributed by atoms with E-state index in [1.807, 2.05) is 6.07 Å². The first-order chi connectivity index (χ1) is 5.41. The Bertz CT molecular complexity index is 403. The van der Waals surface area contributed by atoms with Crippen molar-refractivity contribution in [3.8, 4) is 11.5 Å². The van der Waals surface area contributed by atoms with E-state index in [1.165, 1.54) is 0 Å². The zero-order valence-electron chi connectivity index (χ0n) is 7.68. The van der Waals surface area contributed by atoms with Crippen molar-refractivity contribution in [1.29, 1.82) is 0 Å². The van der Waals surface area contributed by atoms with Crippen LogP contribution in [0.4, 0.5) is 0 Å². The molecule has 0 spiro atoms. The van der Waals surface area contributed by atoms with Crippen molar-refractivity contribution in [1.82, 2.24) is 0 Å². The fourth-order valence-electron chi connectivity index (χ4n) is 0.603. The van der Waals surface area contributed by atoms with Gasteiger partial charge in [-0.3, -0.25) is 8.42 Å². The smallest absolute Gasteiger partial charge is 0.754 e. The molecule has 0 bridgehead atoms. The Morgan fingerprint density at radius 2 is 1.79 bits per heavy atom. The van der Waals surface area contributed by atoms with Gasteiger partial charge < -0.3 is 14.8 Å². The summed E-state index contributed by atoms with van der Waals surface area (Å²) in [6, 6.07) is 3.45. The van der Waals surface area contributed by atoms with Gasteiger partial charge in [0, 0.05) is 11.5 Å². The molecule has 1 aromatic rings. The van der Waals surface area contributed by atoms with Crippen molar-refractivity contribution in [2.75, 3.05) is 0 Å². The van der Waals surface area contributed by atoms with Crippen LogP contribution in [0.1, 0.15) is 0 Å². The summed E-state index contributed by atoms with van der Waals surface area (Å²) in [6.45, 7) is 0. The Morgan fingerprint density at radius 3 is 2.14 bits per heavy atom. The molecule has 0 unspecified atom stereocenters. The molecule has 0 atom stereocenters. The minimum Gasteiger partial charge on any atom is -0.754 e. The third-order valence-corrected chi connectivity index (χ3v) is 1.97. The summed E-state index contributed by atoms with van der Waals surface area (Å²) in [5, 5.41) is 17.5. The van der Waals surface area contributed by atoms with Gasteiger partial charge in [-0.2, -0.15) is 6.07 Å². The molecule has 5 nitrogen and oxygen atoms in total. The average Bonchev–Trinajstić information content (AvgIpc) is 1.92. The molecule has 2 N–H and O–H groups in total. The Balaban J connectivity index is 0. The molecule has 0 amide bonds. The largest absolute Gasteiger partial charge is 1.00 e. The van der Waals surface area contributed by atoms with E-state index in [1.54, 1.807) is 0 Å². The summed E-state index contributed by atoms with van der Waals surface area (Å²) >= 11 is 0. The quantitative estimate of drug-likeness (QED) is 0.218. The summed E-state index contributed by atoms with van der Waals surface area (Å²) < 4.78 is 31.0. The van der Waals surface area contributed by atoms with Crippen LogP contribution in [0.2, 0.25) is 0 Å². The second-order valence-electron chi connectivity index (χ2n) is 2.02. The molecule has 0 aliphatic heterocycles. The van der Waals surface area contributed by atoms with Gasteiger partial charge in [-0.25, -0.2) is 0 Å². The summed E-state index contributed by atoms with van der Waals surface area (Å²) in [4.78, 5) is -0.627. The zero-order chi connectivity index (χ0) is 9.35. The average molecular weight is 234 g/mol. The van der Waals surface area contributed by atoms with Crippen molar-refractivity contribution in [3.63, 3.8) is 0 Å². The molecule has 14 heavy (non-hydrogen) atoms. The predicted molar refractivity (Wildman–Crippen MR) is 36.6 cm³/mol. The molecule has 0 fully saturated rings. The van der Waals surface area contributed by atoms with E-state index in [2.05, 4.69) is 0 Å². The molecule has 8 heteroatoms. The molecular formula is C6H4Na2O5S. The van der Waals surface area contributed by atoms with Gasteiger partial charge in [0.1, 0.15) is 0 Å². The SMILES string of the molecule is O=S(=O)([O-])c1c[c-]c(O)c(O)c1.[Na+].[Na+]. The van der Waals surface area contributed by atoms with Crippen molar-refractivity contribution in [2.24, 2.45) is 0 Å². The summed E-state index contributed by atoms with van der Waals surface area (Å²) in [5.41, 5.74) is 0. The maximum absolute atomic E-state index is 10.3. The number of rotatable bonds is 1. The molecule has 0 aliphatic rings. The van der Waals surface area contributed by atoms with E-state index in [4.69, 9.17) is 10.2 Å². The second-order valence-corrected chi connectivity index (χ2v) is 3.40. The first-order valence-electron chi connectivity index (χ1n) is 2.81. The first kappa shape index (κ1) is 17.1. The van der Waals surface area contributed by atoms with Crippen LogP contribution in [0.15, 0.2) is 17.0 Å². The molecule has 0 aromatic heterocycles. The normalized spacial score (nSPS) is 9.79.